The highest BCUT2D eigenvalue weighted by molar-refractivity contribution is 7.18. The van der Waals surface area contributed by atoms with Crippen LogP contribution in [0.2, 0.25) is 0 Å². The highest BCUT2D eigenvalue weighted by Gasteiger charge is 2.33. The number of hydrogen-bond donors (Lipinski definition) is 2. The van der Waals surface area contributed by atoms with Gasteiger partial charge in [-0.3, -0.25) is 4.79 Å². The predicted molar refractivity (Wildman–Crippen MR) is 74.5 cm³/mol. The first-order chi connectivity index (χ1) is 9.15. The fraction of sp³-hybridized carbons (Fsp3) is 0.462. The zero-order valence-corrected chi connectivity index (χ0v) is 11.4. The van der Waals surface area contributed by atoms with Crippen molar-refractivity contribution in [1.29, 1.82) is 0 Å². The van der Waals surface area contributed by atoms with Crippen LogP contribution in [0.4, 0.5) is 5.82 Å². The topological polar surface area (TPSA) is 75.1 Å². The largest absolute Gasteiger partial charge is 0.481 e. The zero-order valence-electron chi connectivity index (χ0n) is 10.6. The van der Waals surface area contributed by atoms with E-state index in [9.17, 15) is 4.79 Å². The Bertz CT molecular complexity index is 621. The quantitative estimate of drug-likeness (QED) is 0.878. The lowest BCUT2D eigenvalue weighted by Gasteiger charge is -2.17. The summed E-state index contributed by atoms with van der Waals surface area (Å²) >= 11 is 1.60. The highest BCUT2D eigenvalue weighted by Crippen LogP contribution is 2.37. The second-order valence-electron chi connectivity index (χ2n) is 5.00. The Labute approximate surface area is 114 Å². The molecule has 2 aromatic rings. The van der Waals surface area contributed by atoms with E-state index >= 15 is 0 Å². The molecule has 3 rings (SSSR count). The van der Waals surface area contributed by atoms with E-state index in [1.165, 1.54) is 6.33 Å². The maximum atomic E-state index is 10.9. The van der Waals surface area contributed by atoms with Crippen LogP contribution in [0.3, 0.4) is 0 Å². The summed E-state index contributed by atoms with van der Waals surface area (Å²) < 4.78 is 1.01. The molecule has 0 aliphatic heterocycles. The minimum Gasteiger partial charge on any atom is -0.481 e. The number of nitrogens with zero attached hydrogens (tertiary/aromatic N) is 2. The first-order valence-corrected chi connectivity index (χ1v) is 7.20. The van der Waals surface area contributed by atoms with Gasteiger partial charge in [0.1, 0.15) is 12.1 Å². The van der Waals surface area contributed by atoms with Crippen molar-refractivity contribution in [2.24, 2.45) is 5.92 Å². The molecule has 0 spiro atoms. The molecule has 1 atom stereocenters. The molecule has 0 saturated heterocycles. The molecule has 1 unspecified atom stereocenters. The van der Waals surface area contributed by atoms with Crippen molar-refractivity contribution in [2.45, 2.75) is 32.2 Å². The molecular weight excluding hydrogens is 262 g/mol. The van der Waals surface area contributed by atoms with Gasteiger partial charge in [-0.1, -0.05) is 0 Å². The van der Waals surface area contributed by atoms with Crippen LogP contribution in [0.15, 0.2) is 11.7 Å². The van der Waals surface area contributed by atoms with E-state index in [4.69, 9.17) is 5.11 Å². The lowest BCUT2D eigenvalue weighted by molar-refractivity contribution is -0.137. The van der Waals surface area contributed by atoms with Crippen LogP contribution in [-0.2, 0) is 4.79 Å². The smallest absolute Gasteiger partial charge is 0.305 e. The Hall–Kier alpha value is -1.69. The summed E-state index contributed by atoms with van der Waals surface area (Å²) in [6.07, 6.45) is 3.88. The number of rotatable bonds is 5. The van der Waals surface area contributed by atoms with Crippen LogP contribution in [-0.4, -0.2) is 27.1 Å². The molecule has 2 heterocycles. The van der Waals surface area contributed by atoms with Gasteiger partial charge in [0.15, 0.2) is 0 Å². The first-order valence-electron chi connectivity index (χ1n) is 6.32. The van der Waals surface area contributed by atoms with Crippen molar-refractivity contribution in [2.75, 3.05) is 5.32 Å². The number of aliphatic carboxylic acids is 1. The predicted octanol–water partition coefficient (Wildman–Crippen LogP) is 2.66. The number of nitrogens with one attached hydrogen (secondary N) is 1. The van der Waals surface area contributed by atoms with Crippen LogP contribution >= 0.6 is 11.3 Å². The average molecular weight is 277 g/mol. The fourth-order valence-corrected chi connectivity index (χ4v) is 3.22. The molecule has 19 heavy (non-hydrogen) atoms. The summed E-state index contributed by atoms with van der Waals surface area (Å²) in [6, 6.07) is -0.0296. The van der Waals surface area contributed by atoms with Crippen molar-refractivity contribution in [3.05, 3.63) is 17.3 Å². The maximum absolute atomic E-state index is 10.9. The van der Waals surface area contributed by atoms with Gasteiger partial charge >= 0.3 is 5.97 Å². The molecule has 100 valence electrons. The Balaban J connectivity index is 1.88. The van der Waals surface area contributed by atoms with Crippen molar-refractivity contribution >= 4 is 33.3 Å². The van der Waals surface area contributed by atoms with E-state index in [-0.39, 0.29) is 12.5 Å². The highest BCUT2D eigenvalue weighted by atomic mass is 32.1. The van der Waals surface area contributed by atoms with Crippen LogP contribution in [0.5, 0.6) is 0 Å². The Morgan fingerprint density at radius 1 is 1.58 bits per heavy atom. The molecular formula is C13H15N3O2S. The van der Waals surface area contributed by atoms with Crippen LogP contribution in [0.1, 0.15) is 24.8 Å². The van der Waals surface area contributed by atoms with E-state index in [0.717, 1.165) is 34.4 Å². The molecule has 0 radical (unpaired) electrons. The normalized spacial score (nSPS) is 16.5. The van der Waals surface area contributed by atoms with Gasteiger partial charge in [-0.2, -0.15) is 0 Å². The van der Waals surface area contributed by atoms with E-state index in [0.29, 0.717) is 5.92 Å². The number of anilines is 1. The van der Waals surface area contributed by atoms with Gasteiger partial charge in [0.2, 0.25) is 0 Å². The number of thiophene rings is 1. The standard InChI is InChI=1S/C13H15N3O2S/c1-7-5-19-12-11(7)14-6-15-13(12)16-9(4-10(17)18)8-2-3-8/h5-6,8-9H,2-4H2,1H3,(H,17,18)(H,14,15,16). The molecule has 1 saturated carbocycles. The summed E-state index contributed by atoms with van der Waals surface area (Å²) in [7, 11) is 0. The van der Waals surface area contributed by atoms with Gasteiger partial charge in [0.05, 0.1) is 16.6 Å². The van der Waals surface area contributed by atoms with Crippen LogP contribution in [0, 0.1) is 12.8 Å². The number of aromatic nitrogens is 2. The molecule has 5 nitrogen and oxygen atoms in total. The average Bonchev–Trinajstić information content (AvgIpc) is 3.14. The summed E-state index contributed by atoms with van der Waals surface area (Å²) in [6.45, 7) is 2.02. The van der Waals surface area contributed by atoms with Gasteiger partial charge < -0.3 is 10.4 Å². The van der Waals surface area contributed by atoms with Crippen LogP contribution < -0.4 is 5.32 Å². The molecule has 2 N–H and O–H groups in total. The van der Waals surface area contributed by atoms with Crippen molar-refractivity contribution < 1.29 is 9.90 Å². The number of carboxylic acids is 1. The summed E-state index contributed by atoms with van der Waals surface area (Å²) in [5.74, 6) is 0.459. The van der Waals surface area contributed by atoms with Gasteiger partial charge in [0, 0.05) is 6.04 Å². The number of carbonyl (C=O) groups is 1. The Morgan fingerprint density at radius 3 is 3.05 bits per heavy atom. The van der Waals surface area contributed by atoms with Crippen LogP contribution in [0.25, 0.3) is 10.2 Å². The van der Waals surface area contributed by atoms with Gasteiger partial charge in [-0.25, -0.2) is 9.97 Å². The molecule has 6 heteroatoms. The minimum absolute atomic E-state index is 0.0296. The third kappa shape index (κ3) is 2.53. The monoisotopic (exact) mass is 277 g/mol. The molecule has 1 aliphatic rings. The Kier molecular flexibility index (Phi) is 3.10. The van der Waals surface area contributed by atoms with Crippen molar-refractivity contribution in [3.8, 4) is 0 Å². The third-order valence-electron chi connectivity index (χ3n) is 3.44. The molecule has 0 amide bonds. The molecule has 0 bridgehead atoms. The maximum Gasteiger partial charge on any atom is 0.305 e. The van der Waals surface area contributed by atoms with E-state index in [1.54, 1.807) is 11.3 Å². The minimum atomic E-state index is -0.767. The summed E-state index contributed by atoms with van der Waals surface area (Å²) in [5.41, 5.74) is 2.08. The summed E-state index contributed by atoms with van der Waals surface area (Å²) in [4.78, 5) is 19.5. The van der Waals surface area contributed by atoms with E-state index in [2.05, 4.69) is 15.3 Å². The third-order valence-corrected chi connectivity index (χ3v) is 4.53. The van der Waals surface area contributed by atoms with Gasteiger partial charge in [0.25, 0.3) is 0 Å². The van der Waals surface area contributed by atoms with Gasteiger partial charge in [-0.15, -0.1) is 11.3 Å². The zero-order chi connectivity index (χ0) is 13.4. The Morgan fingerprint density at radius 2 is 2.37 bits per heavy atom. The fourth-order valence-electron chi connectivity index (χ4n) is 2.27. The van der Waals surface area contributed by atoms with E-state index < -0.39 is 5.97 Å². The first kappa shape index (κ1) is 12.3. The van der Waals surface area contributed by atoms with E-state index in [1.807, 2.05) is 12.3 Å². The molecule has 1 fully saturated rings. The number of aryl methyl sites for hydroxylation is 1. The number of hydrogen-bond acceptors (Lipinski definition) is 5. The van der Waals surface area contributed by atoms with Gasteiger partial charge in [-0.05, 0) is 36.6 Å². The molecule has 0 aromatic carbocycles. The van der Waals surface area contributed by atoms with Crippen molar-refractivity contribution in [1.82, 2.24) is 9.97 Å². The SMILES string of the molecule is Cc1csc2c(NC(CC(=O)O)C3CC3)ncnc12. The number of fused-ring (bicyclic) bond motifs is 1. The molecule has 2 aromatic heterocycles. The lowest BCUT2D eigenvalue weighted by Crippen LogP contribution is -2.25. The lowest BCUT2D eigenvalue weighted by atomic mass is 10.1. The number of carboxylic acid groups (broad SMARTS) is 1. The van der Waals surface area contributed by atoms with Crippen molar-refractivity contribution in [3.63, 3.8) is 0 Å². The molecule has 1 aliphatic carbocycles. The second kappa shape index (κ2) is 4.77. The second-order valence-corrected chi connectivity index (χ2v) is 5.88. The summed E-state index contributed by atoms with van der Waals surface area (Å²) in [5, 5.41) is 14.3.